The van der Waals surface area contributed by atoms with Crippen LogP contribution >= 0.6 is 0 Å². The van der Waals surface area contributed by atoms with Crippen LogP contribution in [0.4, 0.5) is 0 Å². The topological polar surface area (TPSA) is 61.3 Å². The number of hydrogen-bond acceptors (Lipinski definition) is 5. The smallest absolute Gasteiger partial charge is 0.341 e. The van der Waals surface area contributed by atoms with Crippen molar-refractivity contribution < 1.29 is 14.3 Å². The highest BCUT2D eigenvalue weighted by Gasteiger charge is 2.23. The third kappa shape index (κ3) is 4.49. The highest BCUT2D eigenvalue weighted by molar-refractivity contribution is 5.90. The lowest BCUT2D eigenvalue weighted by atomic mass is 10.0. The molecule has 1 atom stereocenters. The van der Waals surface area contributed by atoms with E-state index in [2.05, 4.69) is 23.8 Å². The second-order valence-electron chi connectivity index (χ2n) is 5.52. The molecule has 21 heavy (non-hydrogen) atoms. The van der Waals surface area contributed by atoms with Gasteiger partial charge in [-0.2, -0.15) is 0 Å². The predicted octanol–water partition coefficient (Wildman–Crippen LogP) is 3.51. The van der Waals surface area contributed by atoms with Crippen LogP contribution in [-0.2, 0) is 9.47 Å². The normalized spacial score (nSPS) is 12.8. The minimum Gasteiger partial charge on any atom is -0.462 e. The van der Waals surface area contributed by atoms with Crippen LogP contribution in [-0.4, -0.2) is 29.2 Å². The summed E-state index contributed by atoms with van der Waals surface area (Å²) in [6.07, 6.45) is 1.40. The Morgan fingerprint density at radius 1 is 1.19 bits per heavy atom. The van der Waals surface area contributed by atoms with E-state index in [-0.39, 0.29) is 23.9 Å². The third-order valence-corrected chi connectivity index (χ3v) is 3.09. The van der Waals surface area contributed by atoms with Crippen LogP contribution in [0, 0.1) is 5.92 Å². The Kier molecular flexibility index (Phi) is 6.75. The molecule has 0 spiro atoms. The highest BCUT2D eigenvalue weighted by Crippen LogP contribution is 2.25. The van der Waals surface area contributed by atoms with Crippen LogP contribution in [0.3, 0.4) is 0 Å². The van der Waals surface area contributed by atoms with Crippen molar-refractivity contribution in [2.45, 2.75) is 53.6 Å². The second-order valence-corrected chi connectivity index (χ2v) is 5.52. The number of nitrogens with zero attached hydrogens (tertiary/aromatic N) is 2. The zero-order chi connectivity index (χ0) is 16.0. The summed E-state index contributed by atoms with van der Waals surface area (Å²) in [5.74, 6) is 0.632. The van der Waals surface area contributed by atoms with Crippen molar-refractivity contribution in [2.24, 2.45) is 5.92 Å². The Balaban J connectivity index is 3.21. The molecule has 1 rings (SSSR count). The lowest BCUT2D eigenvalue weighted by molar-refractivity contribution is 0.0228. The molecule has 0 saturated carbocycles. The molecule has 5 nitrogen and oxygen atoms in total. The summed E-state index contributed by atoms with van der Waals surface area (Å²) in [7, 11) is 0. The van der Waals surface area contributed by atoms with Crippen LogP contribution in [0.25, 0.3) is 0 Å². The zero-order valence-corrected chi connectivity index (χ0v) is 13.8. The van der Waals surface area contributed by atoms with Gasteiger partial charge < -0.3 is 9.47 Å². The molecule has 0 radical (unpaired) electrons. The molecule has 0 aromatic carbocycles. The van der Waals surface area contributed by atoms with Gasteiger partial charge in [0.1, 0.15) is 6.10 Å². The van der Waals surface area contributed by atoms with E-state index in [9.17, 15) is 4.79 Å². The number of aromatic nitrogens is 2. The minimum absolute atomic E-state index is 0.112. The predicted molar refractivity (Wildman–Crippen MR) is 81.3 cm³/mol. The molecule has 5 heteroatoms. The zero-order valence-electron chi connectivity index (χ0n) is 13.8. The summed E-state index contributed by atoms with van der Waals surface area (Å²) in [6.45, 7) is 12.8. The molecule has 0 amide bonds. The molecular weight excluding hydrogens is 268 g/mol. The van der Waals surface area contributed by atoms with E-state index in [1.54, 1.807) is 13.1 Å². The van der Waals surface area contributed by atoms with Crippen LogP contribution in [0.15, 0.2) is 6.20 Å². The summed E-state index contributed by atoms with van der Waals surface area (Å²) < 4.78 is 10.8. The molecule has 0 bridgehead atoms. The number of ether oxygens (including phenoxy) is 2. The lowest BCUT2D eigenvalue weighted by Gasteiger charge is -2.21. The molecule has 0 fully saturated rings. The van der Waals surface area contributed by atoms with Crippen molar-refractivity contribution in [1.82, 2.24) is 9.97 Å². The monoisotopic (exact) mass is 294 g/mol. The van der Waals surface area contributed by atoms with Crippen LogP contribution < -0.4 is 0 Å². The molecular formula is C16H26N2O3. The van der Waals surface area contributed by atoms with E-state index in [4.69, 9.17) is 9.47 Å². The molecule has 1 aromatic rings. The van der Waals surface area contributed by atoms with Crippen LogP contribution in [0.5, 0.6) is 0 Å². The van der Waals surface area contributed by atoms with Gasteiger partial charge >= 0.3 is 5.97 Å². The summed E-state index contributed by atoms with van der Waals surface area (Å²) in [5, 5.41) is 0. The van der Waals surface area contributed by atoms with Crippen molar-refractivity contribution in [3.05, 3.63) is 23.3 Å². The molecule has 0 aliphatic rings. The van der Waals surface area contributed by atoms with Crippen molar-refractivity contribution in [2.75, 3.05) is 13.2 Å². The van der Waals surface area contributed by atoms with Crippen LogP contribution in [0.2, 0.25) is 0 Å². The molecule has 1 aromatic heterocycles. The van der Waals surface area contributed by atoms with Gasteiger partial charge in [-0.25, -0.2) is 14.8 Å². The SMILES string of the molecule is CCOC(=O)c1cnc(C(OCC)C(C)C)nc1C(C)C. The number of carbonyl (C=O) groups is 1. The van der Waals surface area contributed by atoms with Gasteiger partial charge in [0, 0.05) is 12.8 Å². The molecule has 0 aliphatic carbocycles. The lowest BCUT2D eigenvalue weighted by Crippen LogP contribution is -2.19. The quantitative estimate of drug-likeness (QED) is 0.720. The van der Waals surface area contributed by atoms with E-state index in [0.29, 0.717) is 30.3 Å². The van der Waals surface area contributed by atoms with Crippen molar-refractivity contribution in [3.8, 4) is 0 Å². The average molecular weight is 294 g/mol. The molecule has 1 heterocycles. The summed E-state index contributed by atoms with van der Waals surface area (Å²) >= 11 is 0. The number of rotatable bonds is 7. The van der Waals surface area contributed by atoms with Gasteiger partial charge in [0.05, 0.1) is 17.9 Å². The Morgan fingerprint density at radius 3 is 2.33 bits per heavy atom. The molecule has 118 valence electrons. The first-order valence-electron chi connectivity index (χ1n) is 7.57. The molecule has 1 unspecified atom stereocenters. The maximum absolute atomic E-state index is 12.0. The number of carbonyl (C=O) groups excluding carboxylic acids is 1. The van der Waals surface area contributed by atoms with E-state index in [0.717, 1.165) is 0 Å². The maximum atomic E-state index is 12.0. The summed E-state index contributed by atoms with van der Waals surface area (Å²) in [6, 6.07) is 0. The standard InChI is InChI=1S/C16H26N2O3/c1-7-20-14(11(5)6)15-17-9-12(16(19)21-8-2)13(18-15)10(3)4/h9-11,14H,7-8H2,1-6H3. The van der Waals surface area contributed by atoms with E-state index in [1.165, 1.54) is 0 Å². The average Bonchev–Trinajstić information content (AvgIpc) is 2.44. The van der Waals surface area contributed by atoms with E-state index < -0.39 is 0 Å². The van der Waals surface area contributed by atoms with Gasteiger partial charge in [-0.05, 0) is 25.7 Å². The van der Waals surface area contributed by atoms with Crippen LogP contribution in [0.1, 0.15) is 75.4 Å². The first kappa shape index (κ1) is 17.6. The maximum Gasteiger partial charge on any atom is 0.341 e. The fourth-order valence-corrected chi connectivity index (χ4v) is 2.10. The first-order chi connectivity index (χ1) is 9.92. The second kappa shape index (κ2) is 8.08. The van der Waals surface area contributed by atoms with E-state index in [1.807, 2.05) is 20.8 Å². The highest BCUT2D eigenvalue weighted by atomic mass is 16.5. The Morgan fingerprint density at radius 2 is 1.86 bits per heavy atom. The largest absolute Gasteiger partial charge is 0.462 e. The summed E-state index contributed by atoms with van der Waals surface area (Å²) in [5.41, 5.74) is 1.15. The molecule has 0 aliphatic heterocycles. The third-order valence-electron chi connectivity index (χ3n) is 3.09. The molecule has 0 saturated heterocycles. The Bertz CT molecular complexity index is 473. The van der Waals surface area contributed by atoms with Gasteiger partial charge in [-0.1, -0.05) is 27.7 Å². The van der Waals surface area contributed by atoms with Crippen molar-refractivity contribution >= 4 is 5.97 Å². The van der Waals surface area contributed by atoms with E-state index >= 15 is 0 Å². The summed E-state index contributed by atoms with van der Waals surface area (Å²) in [4.78, 5) is 20.9. The number of hydrogen-bond donors (Lipinski definition) is 0. The van der Waals surface area contributed by atoms with Gasteiger partial charge in [0.15, 0.2) is 5.82 Å². The minimum atomic E-state index is -0.370. The van der Waals surface area contributed by atoms with Gasteiger partial charge in [0.25, 0.3) is 0 Å². The molecule has 0 N–H and O–H groups in total. The van der Waals surface area contributed by atoms with Gasteiger partial charge in [-0.3, -0.25) is 0 Å². The van der Waals surface area contributed by atoms with Crippen molar-refractivity contribution in [3.63, 3.8) is 0 Å². The Labute approximate surface area is 127 Å². The van der Waals surface area contributed by atoms with Crippen molar-refractivity contribution in [1.29, 1.82) is 0 Å². The first-order valence-corrected chi connectivity index (χ1v) is 7.57. The van der Waals surface area contributed by atoms with Gasteiger partial charge in [-0.15, -0.1) is 0 Å². The Hall–Kier alpha value is -1.49. The van der Waals surface area contributed by atoms with Gasteiger partial charge in [0.2, 0.25) is 0 Å². The number of esters is 1. The fourth-order valence-electron chi connectivity index (χ4n) is 2.10. The fraction of sp³-hybridized carbons (Fsp3) is 0.688.